The molecule has 3 heterocycles. The van der Waals surface area contributed by atoms with Crippen LogP contribution in [0.5, 0.6) is 0 Å². The first-order valence-electron chi connectivity index (χ1n) is 17.7. The summed E-state index contributed by atoms with van der Waals surface area (Å²) >= 11 is 0. The second kappa shape index (κ2) is 11.3. The number of hydrogen-bond donors (Lipinski definition) is 0. The lowest BCUT2D eigenvalue weighted by molar-refractivity contribution is 0.669. The van der Waals surface area contributed by atoms with Crippen LogP contribution in [0.25, 0.3) is 105 Å². The molecule has 0 aliphatic carbocycles. The van der Waals surface area contributed by atoms with E-state index in [9.17, 15) is 0 Å². The van der Waals surface area contributed by atoms with Crippen molar-refractivity contribution in [1.29, 1.82) is 0 Å². The first-order valence-corrected chi connectivity index (χ1v) is 17.7. The largest absolute Gasteiger partial charge is 0.456 e. The Morgan fingerprint density at radius 1 is 0.385 bits per heavy atom. The molecule has 0 N–H and O–H groups in total. The van der Waals surface area contributed by atoms with Gasteiger partial charge in [-0.3, -0.25) is 0 Å². The zero-order valence-electron chi connectivity index (χ0n) is 28.1. The molecule has 0 aliphatic rings. The Bertz CT molecular complexity index is 3150. The van der Waals surface area contributed by atoms with E-state index < -0.39 is 0 Å². The van der Waals surface area contributed by atoms with Gasteiger partial charge in [0, 0.05) is 54.5 Å². The van der Waals surface area contributed by atoms with Crippen LogP contribution in [0, 0.1) is 0 Å². The van der Waals surface area contributed by atoms with E-state index in [1.54, 1.807) is 0 Å². The van der Waals surface area contributed by atoms with Crippen LogP contribution in [-0.4, -0.2) is 9.55 Å². The summed E-state index contributed by atoms with van der Waals surface area (Å²) in [5.41, 5.74) is 13.0. The topological polar surface area (TPSA) is 31.0 Å². The minimum Gasteiger partial charge on any atom is -0.456 e. The number of fused-ring (bicyclic) bond motifs is 9. The van der Waals surface area contributed by atoms with Gasteiger partial charge >= 0.3 is 0 Å². The van der Waals surface area contributed by atoms with Crippen molar-refractivity contribution < 1.29 is 4.42 Å². The predicted octanol–water partition coefficient (Wildman–Crippen LogP) is 13.4. The Kier molecular flexibility index (Phi) is 6.25. The summed E-state index contributed by atoms with van der Waals surface area (Å²) in [5, 5.41) is 8.13. The highest BCUT2D eigenvalue weighted by atomic mass is 16.3. The number of benzene rings is 8. The highest BCUT2D eigenvalue weighted by Crippen LogP contribution is 2.46. The highest BCUT2D eigenvalue weighted by molar-refractivity contribution is 6.27. The van der Waals surface area contributed by atoms with E-state index in [4.69, 9.17) is 9.40 Å². The number of pyridine rings is 1. The van der Waals surface area contributed by atoms with Gasteiger partial charge in [-0.05, 0) is 65.2 Å². The van der Waals surface area contributed by atoms with E-state index in [0.717, 1.165) is 60.7 Å². The number of hydrogen-bond acceptors (Lipinski definition) is 2. The van der Waals surface area contributed by atoms with Gasteiger partial charge in [-0.1, -0.05) is 133 Å². The van der Waals surface area contributed by atoms with Crippen LogP contribution in [0.3, 0.4) is 0 Å². The first-order chi connectivity index (χ1) is 25.8. The van der Waals surface area contributed by atoms with Crippen molar-refractivity contribution in [2.45, 2.75) is 0 Å². The number of nitrogens with zero attached hydrogens (tertiary/aromatic N) is 2. The summed E-state index contributed by atoms with van der Waals surface area (Å²) in [7, 11) is 0. The number of para-hydroxylation sites is 4. The van der Waals surface area contributed by atoms with Crippen molar-refractivity contribution in [1.82, 2.24) is 9.55 Å². The van der Waals surface area contributed by atoms with E-state index in [2.05, 4.69) is 180 Å². The molecule has 52 heavy (non-hydrogen) atoms. The van der Waals surface area contributed by atoms with Gasteiger partial charge in [0.05, 0.1) is 22.2 Å². The summed E-state index contributed by atoms with van der Waals surface area (Å²) < 4.78 is 8.96. The van der Waals surface area contributed by atoms with Gasteiger partial charge in [0.15, 0.2) is 0 Å². The molecule has 0 radical (unpaired) electrons. The van der Waals surface area contributed by atoms with Gasteiger partial charge in [-0.15, -0.1) is 0 Å². The van der Waals surface area contributed by atoms with Gasteiger partial charge in [0.25, 0.3) is 0 Å². The van der Waals surface area contributed by atoms with Crippen molar-refractivity contribution in [2.24, 2.45) is 0 Å². The third-order valence-corrected chi connectivity index (χ3v) is 10.6. The number of rotatable bonds is 4. The van der Waals surface area contributed by atoms with Gasteiger partial charge in [-0.25, -0.2) is 4.98 Å². The van der Waals surface area contributed by atoms with E-state index in [1.807, 2.05) is 6.07 Å². The van der Waals surface area contributed by atoms with Gasteiger partial charge in [0.2, 0.25) is 0 Å². The minimum absolute atomic E-state index is 0.863. The summed E-state index contributed by atoms with van der Waals surface area (Å²) in [5.74, 6) is 0. The Morgan fingerprint density at radius 3 is 1.85 bits per heavy atom. The van der Waals surface area contributed by atoms with Crippen LogP contribution >= 0.6 is 0 Å². The molecule has 11 aromatic rings. The summed E-state index contributed by atoms with van der Waals surface area (Å²) in [4.78, 5) is 5.25. The first kappa shape index (κ1) is 28.8. The van der Waals surface area contributed by atoms with E-state index in [0.29, 0.717) is 0 Å². The highest BCUT2D eigenvalue weighted by Gasteiger charge is 2.22. The molecule has 0 amide bonds. The van der Waals surface area contributed by atoms with E-state index >= 15 is 0 Å². The van der Waals surface area contributed by atoms with Gasteiger partial charge in [-0.2, -0.15) is 0 Å². The van der Waals surface area contributed by atoms with E-state index in [-0.39, 0.29) is 0 Å². The molecule has 3 heteroatoms. The molecule has 3 aromatic heterocycles. The van der Waals surface area contributed by atoms with Crippen molar-refractivity contribution in [3.8, 4) is 39.2 Å². The maximum atomic E-state index is 6.60. The van der Waals surface area contributed by atoms with Crippen molar-refractivity contribution in [2.75, 3.05) is 0 Å². The monoisotopic (exact) mass is 662 g/mol. The molecule has 8 aromatic carbocycles. The van der Waals surface area contributed by atoms with Crippen molar-refractivity contribution in [3.05, 3.63) is 182 Å². The second-order valence-corrected chi connectivity index (χ2v) is 13.5. The molecule has 0 atom stereocenters. The molecular formula is C49H30N2O. The summed E-state index contributed by atoms with van der Waals surface area (Å²) in [6.07, 6.45) is 0. The quantitative estimate of drug-likeness (QED) is 0.176. The lowest BCUT2D eigenvalue weighted by Crippen LogP contribution is -1.93. The van der Waals surface area contributed by atoms with Crippen LogP contribution in [0.1, 0.15) is 0 Å². The molecular weight excluding hydrogens is 633 g/mol. The van der Waals surface area contributed by atoms with Gasteiger partial charge < -0.3 is 8.98 Å². The normalized spacial score (nSPS) is 11.8. The zero-order chi connectivity index (χ0) is 34.2. The molecule has 3 nitrogen and oxygen atoms in total. The third-order valence-electron chi connectivity index (χ3n) is 10.6. The fourth-order valence-corrected chi connectivity index (χ4v) is 8.26. The van der Waals surface area contributed by atoms with Crippen molar-refractivity contribution >= 4 is 65.4 Å². The van der Waals surface area contributed by atoms with Crippen LogP contribution < -0.4 is 0 Å². The lowest BCUT2D eigenvalue weighted by atomic mass is 9.89. The average Bonchev–Trinajstić information content (AvgIpc) is 3.76. The SMILES string of the molecule is c1ccc(-c2nc3ccccc3c3c(-c4ccc(-c5ccc6c(c5)c5ccccc5n6-c5ccccc5)cc4)c4c(cc23)oc2ccccc24)cc1. The number of furan rings is 1. The Balaban J connectivity index is 1.15. The molecule has 242 valence electrons. The Hall–Kier alpha value is -6.97. The molecule has 0 fully saturated rings. The summed E-state index contributed by atoms with van der Waals surface area (Å²) in [6, 6.07) is 64.8. The van der Waals surface area contributed by atoms with Crippen LogP contribution in [0.2, 0.25) is 0 Å². The summed E-state index contributed by atoms with van der Waals surface area (Å²) in [6.45, 7) is 0. The maximum Gasteiger partial charge on any atom is 0.136 e. The fourth-order valence-electron chi connectivity index (χ4n) is 8.26. The molecule has 0 unspecified atom stereocenters. The minimum atomic E-state index is 0.863. The molecule has 0 saturated carbocycles. The molecule has 0 bridgehead atoms. The Labute approximate surface area is 299 Å². The van der Waals surface area contributed by atoms with Crippen LogP contribution in [0.4, 0.5) is 0 Å². The predicted molar refractivity (Wildman–Crippen MR) is 217 cm³/mol. The van der Waals surface area contributed by atoms with Crippen LogP contribution in [-0.2, 0) is 0 Å². The molecule has 0 spiro atoms. The number of aromatic nitrogens is 2. The molecule has 0 aliphatic heterocycles. The zero-order valence-corrected chi connectivity index (χ0v) is 28.1. The standard InChI is InChI=1S/C49H30N2O/c1-3-13-33(14-4-1)49-40-30-45-48(38-19-9-12-22-44(38)52-45)46(47(40)37-18-7-10-20-41(37)50-49)32-25-23-31(24-26-32)34-27-28-43-39(29-34)36-17-8-11-21-42(36)51(43)35-15-5-2-6-16-35/h1-30H. The van der Waals surface area contributed by atoms with Crippen LogP contribution in [0.15, 0.2) is 186 Å². The molecule has 11 rings (SSSR count). The maximum absolute atomic E-state index is 6.60. The lowest BCUT2D eigenvalue weighted by Gasteiger charge is -2.16. The Morgan fingerprint density at radius 2 is 1.02 bits per heavy atom. The average molecular weight is 663 g/mol. The third kappa shape index (κ3) is 4.30. The van der Waals surface area contributed by atoms with Gasteiger partial charge in [0.1, 0.15) is 11.2 Å². The fraction of sp³-hybridized carbons (Fsp3) is 0. The second-order valence-electron chi connectivity index (χ2n) is 13.5. The van der Waals surface area contributed by atoms with Crippen molar-refractivity contribution in [3.63, 3.8) is 0 Å². The van der Waals surface area contributed by atoms with E-state index in [1.165, 1.54) is 43.9 Å². The molecule has 0 saturated heterocycles. The smallest absolute Gasteiger partial charge is 0.136 e.